The van der Waals surface area contributed by atoms with E-state index >= 15 is 0 Å². The van der Waals surface area contributed by atoms with E-state index < -0.39 is 17.6 Å². The molecule has 1 aliphatic carbocycles. The van der Waals surface area contributed by atoms with Gasteiger partial charge in [-0.2, -0.15) is 0 Å². The Bertz CT molecular complexity index is 1440. The Morgan fingerprint density at radius 2 is 1.94 bits per heavy atom. The van der Waals surface area contributed by atoms with Crippen LogP contribution >= 0.6 is 22.7 Å². The van der Waals surface area contributed by atoms with Crippen molar-refractivity contribution < 1.29 is 23.6 Å². The van der Waals surface area contributed by atoms with Crippen LogP contribution in [0.25, 0.3) is 9.66 Å². The highest BCUT2D eigenvalue weighted by molar-refractivity contribution is 7.38. The summed E-state index contributed by atoms with van der Waals surface area (Å²) in [7, 11) is 1.39. The van der Waals surface area contributed by atoms with Gasteiger partial charge < -0.3 is 14.0 Å². The zero-order chi connectivity index (χ0) is 24.6. The van der Waals surface area contributed by atoms with Crippen LogP contribution in [0, 0.1) is 18.8 Å². The lowest BCUT2D eigenvalue weighted by molar-refractivity contribution is -0.143. The fourth-order valence-electron chi connectivity index (χ4n) is 3.52. The first-order chi connectivity index (χ1) is 16.9. The number of fused-ring (bicyclic) bond motifs is 1. The number of carbonyl (C=O) groups excluding carboxylic acids is 2. The van der Waals surface area contributed by atoms with E-state index in [9.17, 15) is 9.59 Å². The third-order valence-corrected chi connectivity index (χ3v) is 7.94. The zero-order valence-corrected chi connectivity index (χ0v) is 20.7. The standard InChI is InChI=1S/C24H20N4O5S2/c1-13-18(26-23(30)32-14(2)15-7-5-4-6-8-15)16(33-28-13)9-10-17-25-19-20(34-17)35-21(27-19)24(11-12-24)22(29)31-3/h4-8,14H,11-12H2,1-3H3,(H,26,30). The van der Waals surface area contributed by atoms with Gasteiger partial charge in [0.05, 0.1) is 7.11 Å². The van der Waals surface area contributed by atoms with Gasteiger partial charge in [-0.1, -0.05) is 46.8 Å². The molecule has 1 saturated carbocycles. The first kappa shape index (κ1) is 23.0. The fraction of sp³-hybridized carbons (Fsp3) is 0.292. The number of esters is 1. The summed E-state index contributed by atoms with van der Waals surface area (Å²) < 4.78 is 16.6. The molecular formula is C24H20N4O5S2. The number of aryl methyl sites for hydroxylation is 1. The highest BCUT2D eigenvalue weighted by Gasteiger charge is 2.55. The summed E-state index contributed by atoms with van der Waals surface area (Å²) in [6, 6.07) is 9.43. The summed E-state index contributed by atoms with van der Waals surface area (Å²) >= 11 is 2.82. The lowest BCUT2D eigenvalue weighted by atomic mass is 10.1. The molecule has 1 unspecified atom stereocenters. The molecule has 0 spiro atoms. The molecule has 1 fully saturated rings. The normalized spacial score (nSPS) is 14.6. The topological polar surface area (TPSA) is 116 Å². The van der Waals surface area contributed by atoms with Crippen molar-refractivity contribution in [2.75, 3.05) is 12.4 Å². The second kappa shape index (κ2) is 9.13. The van der Waals surface area contributed by atoms with E-state index in [1.54, 1.807) is 13.8 Å². The SMILES string of the molecule is COC(=O)C1(c2nc3nc(C#Cc4onc(C)c4NC(=O)OC(C)c4ccccc4)sc3s2)CC1. The molecule has 0 saturated heterocycles. The van der Waals surface area contributed by atoms with Gasteiger partial charge in [0.25, 0.3) is 0 Å². The smallest absolute Gasteiger partial charge is 0.412 e. The number of anilines is 1. The van der Waals surface area contributed by atoms with Gasteiger partial charge in [-0.05, 0) is 44.1 Å². The van der Waals surface area contributed by atoms with Crippen LogP contribution in [0.3, 0.4) is 0 Å². The second-order valence-electron chi connectivity index (χ2n) is 8.03. The van der Waals surface area contributed by atoms with E-state index in [4.69, 9.17) is 14.0 Å². The molecule has 4 aromatic rings. The monoisotopic (exact) mass is 508 g/mol. The van der Waals surface area contributed by atoms with Crippen molar-refractivity contribution in [2.45, 2.75) is 38.2 Å². The molecule has 0 bridgehead atoms. The van der Waals surface area contributed by atoms with Gasteiger partial charge in [-0.25, -0.2) is 14.8 Å². The predicted molar refractivity (Wildman–Crippen MR) is 130 cm³/mol. The molecule has 178 valence electrons. The van der Waals surface area contributed by atoms with Crippen LogP contribution in [0.4, 0.5) is 10.5 Å². The van der Waals surface area contributed by atoms with Gasteiger partial charge in [0.15, 0.2) is 10.7 Å². The van der Waals surface area contributed by atoms with Crippen LogP contribution < -0.4 is 5.32 Å². The van der Waals surface area contributed by atoms with Crippen LogP contribution in [0.2, 0.25) is 0 Å². The molecular weight excluding hydrogens is 488 g/mol. The second-order valence-corrected chi connectivity index (χ2v) is 10.3. The summed E-state index contributed by atoms with van der Waals surface area (Å²) in [4.78, 5) is 33.6. The minimum atomic E-state index is -0.637. The van der Waals surface area contributed by atoms with Gasteiger partial charge in [0.2, 0.25) is 5.76 Å². The van der Waals surface area contributed by atoms with Gasteiger partial charge in [-0.3, -0.25) is 10.1 Å². The van der Waals surface area contributed by atoms with Crippen molar-refractivity contribution in [3.63, 3.8) is 0 Å². The zero-order valence-electron chi connectivity index (χ0n) is 19.1. The maximum absolute atomic E-state index is 12.4. The average Bonchev–Trinajstić information content (AvgIpc) is 3.28. The molecule has 1 amide bonds. The van der Waals surface area contributed by atoms with Crippen LogP contribution in [0.5, 0.6) is 0 Å². The number of ether oxygens (including phenoxy) is 2. The average molecular weight is 509 g/mol. The molecule has 35 heavy (non-hydrogen) atoms. The number of hydrogen-bond acceptors (Lipinski definition) is 10. The molecule has 1 aromatic carbocycles. The van der Waals surface area contributed by atoms with Crippen molar-refractivity contribution in [2.24, 2.45) is 0 Å². The molecule has 0 aliphatic heterocycles. The Hall–Kier alpha value is -3.75. The van der Waals surface area contributed by atoms with E-state index in [2.05, 4.69) is 32.3 Å². The highest BCUT2D eigenvalue weighted by atomic mass is 32.2. The first-order valence-electron chi connectivity index (χ1n) is 10.8. The first-order valence-corrected chi connectivity index (χ1v) is 12.4. The van der Waals surface area contributed by atoms with Crippen molar-refractivity contribution >= 4 is 50.1 Å². The van der Waals surface area contributed by atoms with Gasteiger partial charge in [0.1, 0.15) is 31.9 Å². The maximum Gasteiger partial charge on any atom is 0.412 e. The minimum absolute atomic E-state index is 0.196. The Morgan fingerprint density at radius 3 is 2.63 bits per heavy atom. The Balaban J connectivity index is 1.30. The molecule has 11 heteroatoms. The van der Waals surface area contributed by atoms with Crippen LogP contribution in [-0.4, -0.2) is 34.3 Å². The predicted octanol–water partition coefficient (Wildman–Crippen LogP) is 4.96. The van der Waals surface area contributed by atoms with E-state index in [0.717, 1.165) is 27.4 Å². The molecule has 5 rings (SSSR count). The molecule has 0 radical (unpaired) electrons. The van der Waals surface area contributed by atoms with Gasteiger partial charge in [0, 0.05) is 0 Å². The van der Waals surface area contributed by atoms with Crippen LogP contribution in [0.15, 0.2) is 34.9 Å². The minimum Gasteiger partial charge on any atom is -0.468 e. The number of aromatic nitrogens is 3. The number of rotatable bonds is 5. The number of carbonyl (C=O) groups is 2. The van der Waals surface area contributed by atoms with Crippen molar-refractivity contribution in [3.8, 4) is 11.8 Å². The highest BCUT2D eigenvalue weighted by Crippen LogP contribution is 2.51. The third kappa shape index (κ3) is 4.50. The van der Waals surface area contributed by atoms with E-state index in [0.29, 0.717) is 22.0 Å². The molecule has 1 atom stereocenters. The summed E-state index contributed by atoms with van der Waals surface area (Å²) in [5, 5.41) is 7.85. The van der Waals surface area contributed by atoms with Crippen molar-refractivity contribution in [1.82, 2.24) is 15.1 Å². The van der Waals surface area contributed by atoms with Crippen LogP contribution in [0.1, 0.15) is 52.9 Å². The summed E-state index contributed by atoms with van der Waals surface area (Å²) in [6.45, 7) is 3.49. The summed E-state index contributed by atoms with van der Waals surface area (Å²) in [6.07, 6.45) is 0.406. The maximum atomic E-state index is 12.4. The Kier molecular flexibility index (Phi) is 6.00. The number of nitrogens with one attached hydrogen (secondary N) is 1. The number of benzene rings is 1. The Labute approximate surface area is 208 Å². The van der Waals surface area contributed by atoms with Crippen molar-refractivity contribution in [3.05, 3.63) is 57.4 Å². The molecule has 3 heterocycles. The molecule has 1 aliphatic rings. The largest absolute Gasteiger partial charge is 0.468 e. The third-order valence-electron chi connectivity index (χ3n) is 5.64. The van der Waals surface area contributed by atoms with Gasteiger partial charge >= 0.3 is 12.1 Å². The molecule has 9 nitrogen and oxygen atoms in total. The fourth-order valence-corrected chi connectivity index (χ4v) is 5.73. The number of nitrogens with zero attached hydrogens (tertiary/aromatic N) is 3. The lowest BCUT2D eigenvalue weighted by Gasteiger charge is -2.13. The quantitative estimate of drug-likeness (QED) is 0.297. The molecule has 3 aromatic heterocycles. The number of methoxy groups -OCH3 is 1. The van der Waals surface area contributed by atoms with Crippen molar-refractivity contribution in [1.29, 1.82) is 0 Å². The summed E-state index contributed by atoms with van der Waals surface area (Å²) in [5.74, 6) is 5.76. The summed E-state index contributed by atoms with van der Waals surface area (Å²) in [5.41, 5.74) is 1.64. The number of hydrogen-bond donors (Lipinski definition) is 1. The van der Waals surface area contributed by atoms with E-state index in [-0.39, 0.29) is 11.7 Å². The number of thiazole rings is 2. The van der Waals surface area contributed by atoms with E-state index in [1.807, 2.05) is 30.3 Å². The molecule has 1 N–H and O–H groups in total. The van der Waals surface area contributed by atoms with E-state index in [1.165, 1.54) is 29.8 Å². The van der Waals surface area contributed by atoms with Crippen LogP contribution in [-0.2, 0) is 19.7 Å². The van der Waals surface area contributed by atoms with Gasteiger partial charge in [-0.15, -0.1) is 11.3 Å². The number of amides is 1. The lowest BCUT2D eigenvalue weighted by Crippen LogP contribution is -2.21. The Morgan fingerprint density at radius 1 is 1.17 bits per heavy atom.